The zero-order valence-electron chi connectivity index (χ0n) is 20.0. The van der Waals surface area contributed by atoms with Crippen LogP contribution in [0.2, 0.25) is 0 Å². The first-order valence-corrected chi connectivity index (χ1v) is 11.7. The first-order valence-electron chi connectivity index (χ1n) is 11.7. The number of carbonyl (C=O) groups excluding carboxylic acids is 2. The van der Waals surface area contributed by atoms with E-state index in [1.807, 2.05) is 79.7 Å². The topological polar surface area (TPSA) is 77.1 Å². The lowest BCUT2D eigenvalue weighted by atomic mass is 10.0. The summed E-state index contributed by atoms with van der Waals surface area (Å²) in [6, 6.07) is 22.2. The Bertz CT molecular complexity index is 1150. The average Bonchev–Trinajstić information content (AvgIpc) is 3.38. The Kier molecular flexibility index (Phi) is 7.88. The maximum atomic E-state index is 13.5. The molecule has 4 rings (SSSR count). The Morgan fingerprint density at radius 1 is 0.943 bits per heavy atom. The highest BCUT2D eigenvalue weighted by Crippen LogP contribution is 2.32. The molecular formula is C28H30N2O5. The maximum Gasteiger partial charge on any atom is 0.243 e. The van der Waals surface area contributed by atoms with Gasteiger partial charge in [-0.25, -0.2) is 0 Å². The lowest BCUT2D eigenvalue weighted by Crippen LogP contribution is -2.50. The molecular weight excluding hydrogens is 444 g/mol. The molecule has 1 N–H and O–H groups in total. The molecule has 0 bridgehead atoms. The quantitative estimate of drug-likeness (QED) is 0.479. The van der Waals surface area contributed by atoms with E-state index in [1.54, 1.807) is 12.0 Å². The van der Waals surface area contributed by atoms with Gasteiger partial charge >= 0.3 is 0 Å². The third-order valence-electron chi connectivity index (χ3n) is 5.99. The van der Waals surface area contributed by atoms with Crippen molar-refractivity contribution in [3.63, 3.8) is 0 Å². The molecule has 0 fully saturated rings. The molecule has 182 valence electrons. The van der Waals surface area contributed by atoms with E-state index in [2.05, 4.69) is 5.32 Å². The van der Waals surface area contributed by atoms with Crippen molar-refractivity contribution < 1.29 is 23.8 Å². The second-order valence-corrected chi connectivity index (χ2v) is 8.33. The van der Waals surface area contributed by atoms with E-state index in [9.17, 15) is 9.59 Å². The summed E-state index contributed by atoms with van der Waals surface area (Å²) in [4.78, 5) is 28.3. The van der Waals surface area contributed by atoms with E-state index >= 15 is 0 Å². The van der Waals surface area contributed by atoms with E-state index in [-0.39, 0.29) is 18.6 Å². The van der Waals surface area contributed by atoms with Crippen molar-refractivity contribution in [2.75, 3.05) is 13.9 Å². The van der Waals surface area contributed by atoms with Gasteiger partial charge in [0.2, 0.25) is 18.6 Å². The van der Waals surface area contributed by atoms with Crippen molar-refractivity contribution >= 4 is 11.8 Å². The third-order valence-corrected chi connectivity index (χ3v) is 5.99. The fraction of sp³-hybridized carbons (Fsp3) is 0.286. The van der Waals surface area contributed by atoms with Crippen molar-refractivity contribution in [3.8, 4) is 17.2 Å². The van der Waals surface area contributed by atoms with Gasteiger partial charge in [0.05, 0.1) is 7.11 Å². The Hall–Kier alpha value is -4.00. The molecule has 35 heavy (non-hydrogen) atoms. The van der Waals surface area contributed by atoms with E-state index in [0.29, 0.717) is 37.4 Å². The molecule has 0 saturated carbocycles. The van der Waals surface area contributed by atoms with Gasteiger partial charge in [0, 0.05) is 25.9 Å². The molecule has 7 nitrogen and oxygen atoms in total. The Morgan fingerprint density at radius 2 is 1.66 bits per heavy atom. The van der Waals surface area contributed by atoms with Crippen LogP contribution in [0.3, 0.4) is 0 Å². The number of rotatable bonds is 10. The van der Waals surface area contributed by atoms with E-state index in [0.717, 1.165) is 22.4 Å². The summed E-state index contributed by atoms with van der Waals surface area (Å²) in [5.41, 5.74) is 2.80. The summed E-state index contributed by atoms with van der Waals surface area (Å²) in [5, 5.41) is 3.02. The van der Waals surface area contributed by atoms with Crippen molar-refractivity contribution in [2.24, 2.45) is 0 Å². The molecule has 2 amide bonds. The van der Waals surface area contributed by atoms with Crippen LogP contribution in [0.5, 0.6) is 17.2 Å². The zero-order valence-corrected chi connectivity index (χ0v) is 20.0. The molecule has 1 atom stereocenters. The number of ether oxygens (including phenoxy) is 3. The fourth-order valence-corrected chi connectivity index (χ4v) is 4.04. The monoisotopic (exact) mass is 474 g/mol. The second-order valence-electron chi connectivity index (χ2n) is 8.33. The largest absolute Gasteiger partial charge is 0.497 e. The van der Waals surface area contributed by atoms with Gasteiger partial charge in [0.15, 0.2) is 11.5 Å². The minimum absolute atomic E-state index is 0.0834. The number of hydrogen-bond acceptors (Lipinski definition) is 5. The highest BCUT2D eigenvalue weighted by atomic mass is 16.7. The molecule has 0 radical (unpaired) electrons. The number of nitrogens with one attached hydrogen (secondary N) is 1. The van der Waals surface area contributed by atoms with Crippen LogP contribution in [0.1, 0.15) is 30.0 Å². The van der Waals surface area contributed by atoms with E-state index in [4.69, 9.17) is 14.2 Å². The Morgan fingerprint density at radius 3 is 2.37 bits per heavy atom. The van der Waals surface area contributed by atoms with Gasteiger partial charge in [-0.3, -0.25) is 9.59 Å². The standard InChI is InChI=1S/C28H30N2O5/c1-3-27(31)30(18-21-9-12-23(33-2)13-10-21)24(15-20-7-5-4-6-8-20)28(32)29-17-22-11-14-25-26(16-22)35-19-34-25/h4-14,16,24H,3,15,17-19H2,1-2H3,(H,29,32)/t24-/m1/s1. The van der Waals surface area contributed by atoms with E-state index < -0.39 is 6.04 Å². The van der Waals surface area contributed by atoms with Gasteiger partial charge in [0.1, 0.15) is 11.8 Å². The van der Waals surface area contributed by atoms with Crippen molar-refractivity contribution in [3.05, 3.63) is 89.5 Å². The summed E-state index contributed by atoms with van der Waals surface area (Å²) >= 11 is 0. The van der Waals surface area contributed by atoms with Crippen LogP contribution in [0, 0.1) is 0 Å². The van der Waals surface area contributed by atoms with Crippen LogP contribution in [-0.4, -0.2) is 36.7 Å². The molecule has 3 aromatic rings. The molecule has 1 aliphatic heterocycles. The van der Waals surface area contributed by atoms with Gasteiger partial charge in [-0.05, 0) is 41.0 Å². The summed E-state index contributed by atoms with van der Waals surface area (Å²) in [5.74, 6) is 1.81. The van der Waals surface area contributed by atoms with Crippen LogP contribution >= 0.6 is 0 Å². The molecule has 3 aromatic carbocycles. The molecule has 0 aromatic heterocycles. The number of methoxy groups -OCH3 is 1. The second kappa shape index (κ2) is 11.4. The minimum Gasteiger partial charge on any atom is -0.497 e. The maximum absolute atomic E-state index is 13.5. The first kappa shape index (κ1) is 24.1. The van der Waals surface area contributed by atoms with Gasteiger partial charge in [-0.1, -0.05) is 55.5 Å². The summed E-state index contributed by atoms with van der Waals surface area (Å²) in [7, 11) is 1.61. The van der Waals surface area contributed by atoms with Crippen LogP contribution < -0.4 is 19.5 Å². The molecule has 0 saturated heterocycles. The first-order chi connectivity index (χ1) is 17.1. The van der Waals surface area contributed by atoms with Crippen LogP contribution in [0.15, 0.2) is 72.8 Å². The van der Waals surface area contributed by atoms with Crippen LogP contribution in [-0.2, 0) is 29.1 Å². The SMILES string of the molecule is CCC(=O)N(Cc1ccc(OC)cc1)[C@H](Cc1ccccc1)C(=O)NCc1ccc2c(c1)OCO2. The average molecular weight is 475 g/mol. The zero-order chi connectivity index (χ0) is 24.6. The van der Waals surface area contributed by atoms with E-state index in [1.165, 1.54) is 0 Å². The van der Waals surface area contributed by atoms with Crippen LogP contribution in [0.4, 0.5) is 0 Å². The number of amides is 2. The lowest BCUT2D eigenvalue weighted by molar-refractivity contribution is -0.141. The predicted molar refractivity (Wildman–Crippen MR) is 132 cm³/mol. The smallest absolute Gasteiger partial charge is 0.243 e. The Balaban J connectivity index is 1.55. The summed E-state index contributed by atoms with van der Waals surface area (Å²) in [6.45, 7) is 2.65. The number of hydrogen-bond donors (Lipinski definition) is 1. The number of nitrogens with zero attached hydrogens (tertiary/aromatic N) is 1. The minimum atomic E-state index is -0.666. The van der Waals surface area contributed by atoms with Crippen molar-refractivity contribution in [1.29, 1.82) is 0 Å². The highest BCUT2D eigenvalue weighted by Gasteiger charge is 2.29. The van der Waals surface area contributed by atoms with Gasteiger partial charge < -0.3 is 24.4 Å². The van der Waals surface area contributed by atoms with Crippen LogP contribution in [0.25, 0.3) is 0 Å². The summed E-state index contributed by atoms with van der Waals surface area (Å²) in [6.07, 6.45) is 0.715. The van der Waals surface area contributed by atoms with Gasteiger partial charge in [0.25, 0.3) is 0 Å². The normalized spacial score (nSPS) is 12.6. The fourth-order valence-electron chi connectivity index (χ4n) is 4.04. The Labute approximate surface area is 205 Å². The molecule has 1 aliphatic rings. The van der Waals surface area contributed by atoms with Crippen molar-refractivity contribution in [2.45, 2.75) is 38.9 Å². The lowest BCUT2D eigenvalue weighted by Gasteiger charge is -2.31. The van der Waals surface area contributed by atoms with Gasteiger partial charge in [-0.2, -0.15) is 0 Å². The predicted octanol–water partition coefficient (Wildman–Crippen LogP) is 4.09. The summed E-state index contributed by atoms with van der Waals surface area (Å²) < 4.78 is 16.1. The molecule has 0 spiro atoms. The highest BCUT2D eigenvalue weighted by molar-refractivity contribution is 5.88. The molecule has 7 heteroatoms. The number of benzene rings is 3. The molecule has 0 unspecified atom stereocenters. The third kappa shape index (κ3) is 6.12. The van der Waals surface area contributed by atoms with Crippen molar-refractivity contribution in [1.82, 2.24) is 10.2 Å². The number of fused-ring (bicyclic) bond motifs is 1. The molecule has 0 aliphatic carbocycles. The molecule has 1 heterocycles. The number of carbonyl (C=O) groups is 2. The van der Waals surface area contributed by atoms with Gasteiger partial charge in [-0.15, -0.1) is 0 Å².